The van der Waals surface area contributed by atoms with Crippen molar-refractivity contribution >= 4 is 5.97 Å². The van der Waals surface area contributed by atoms with E-state index in [0.717, 1.165) is 23.4 Å². The highest BCUT2D eigenvalue weighted by Crippen LogP contribution is 2.25. The van der Waals surface area contributed by atoms with Crippen molar-refractivity contribution in [3.8, 4) is 11.5 Å². The fourth-order valence-electron chi connectivity index (χ4n) is 2.09. The molecule has 0 saturated heterocycles. The number of aryl methyl sites for hydroxylation is 1. The number of fused-ring (bicyclic) bond motifs is 1. The minimum Gasteiger partial charge on any atom is -0.463 e. The molecule has 0 fully saturated rings. The molecule has 0 aromatic carbocycles. The number of rotatable bonds is 1. The van der Waals surface area contributed by atoms with Crippen molar-refractivity contribution in [1.82, 2.24) is 4.98 Å². The predicted octanol–water partition coefficient (Wildman–Crippen LogP) is 2.36. The maximum absolute atomic E-state index is 11.6. The lowest BCUT2D eigenvalue weighted by molar-refractivity contribution is 0.0478. The average molecular weight is 229 g/mol. The number of hydrogen-bond acceptors (Lipinski definition) is 4. The quantitative estimate of drug-likeness (QED) is 0.704. The number of aromatic nitrogens is 1. The van der Waals surface area contributed by atoms with Crippen molar-refractivity contribution in [2.75, 3.05) is 6.61 Å². The Balaban J connectivity index is 2.17. The van der Waals surface area contributed by atoms with Gasteiger partial charge >= 0.3 is 5.97 Å². The first-order chi connectivity index (χ1) is 8.25. The zero-order chi connectivity index (χ0) is 11.8. The van der Waals surface area contributed by atoms with Crippen LogP contribution in [0, 0.1) is 6.92 Å². The van der Waals surface area contributed by atoms with E-state index in [2.05, 4.69) is 4.98 Å². The van der Waals surface area contributed by atoms with Crippen molar-refractivity contribution in [2.24, 2.45) is 0 Å². The van der Waals surface area contributed by atoms with Gasteiger partial charge in [0.1, 0.15) is 5.69 Å². The van der Waals surface area contributed by atoms with Gasteiger partial charge in [-0.05, 0) is 30.7 Å². The van der Waals surface area contributed by atoms with Gasteiger partial charge in [0.05, 0.1) is 24.1 Å². The second-order valence-electron chi connectivity index (χ2n) is 3.99. The van der Waals surface area contributed by atoms with Crippen molar-refractivity contribution in [3.63, 3.8) is 0 Å². The number of pyridine rings is 1. The third kappa shape index (κ3) is 1.62. The molecule has 3 rings (SSSR count). The van der Waals surface area contributed by atoms with E-state index in [1.807, 2.05) is 25.1 Å². The Kier molecular flexibility index (Phi) is 2.21. The van der Waals surface area contributed by atoms with Gasteiger partial charge in [0.15, 0.2) is 5.76 Å². The van der Waals surface area contributed by atoms with Crippen LogP contribution in [0.15, 0.2) is 28.9 Å². The Morgan fingerprint density at radius 2 is 2.29 bits per heavy atom. The molecule has 0 aliphatic carbocycles. The van der Waals surface area contributed by atoms with Gasteiger partial charge in [0.2, 0.25) is 0 Å². The third-order valence-electron chi connectivity index (χ3n) is 2.86. The van der Waals surface area contributed by atoms with Gasteiger partial charge in [-0.2, -0.15) is 0 Å². The smallest absolute Gasteiger partial charge is 0.340 e. The molecule has 17 heavy (non-hydrogen) atoms. The van der Waals surface area contributed by atoms with E-state index < -0.39 is 0 Å². The maximum atomic E-state index is 11.6. The van der Waals surface area contributed by atoms with Gasteiger partial charge in [0.25, 0.3) is 0 Å². The van der Waals surface area contributed by atoms with Crippen molar-refractivity contribution in [1.29, 1.82) is 0 Å². The molecular weight excluding hydrogens is 218 g/mol. The highest BCUT2D eigenvalue weighted by Gasteiger charge is 2.23. The molecule has 0 unspecified atom stereocenters. The molecule has 0 amide bonds. The van der Waals surface area contributed by atoms with Crippen molar-refractivity contribution in [3.05, 3.63) is 41.3 Å². The molecule has 4 heteroatoms. The summed E-state index contributed by atoms with van der Waals surface area (Å²) in [5.74, 6) is 0.442. The molecule has 0 radical (unpaired) electrons. The third-order valence-corrected chi connectivity index (χ3v) is 2.86. The Morgan fingerprint density at radius 3 is 3.06 bits per heavy atom. The monoisotopic (exact) mass is 229 g/mol. The maximum Gasteiger partial charge on any atom is 0.340 e. The van der Waals surface area contributed by atoms with E-state index in [-0.39, 0.29) is 5.97 Å². The lowest BCUT2D eigenvalue weighted by Crippen LogP contribution is -2.20. The molecule has 1 aliphatic rings. The van der Waals surface area contributed by atoms with Crippen LogP contribution in [0.25, 0.3) is 11.5 Å². The number of esters is 1. The molecule has 4 nitrogen and oxygen atoms in total. The second kappa shape index (κ2) is 3.73. The van der Waals surface area contributed by atoms with Gasteiger partial charge < -0.3 is 9.15 Å². The number of nitrogens with zero attached hydrogens (tertiary/aromatic N) is 1. The standard InChI is InChI=1S/C13H11NO3/c1-8-12-9(4-6-17-13(12)15)7-10(14-8)11-3-2-5-16-11/h2-3,5,7H,4,6H2,1H3. The van der Waals surface area contributed by atoms with Crippen LogP contribution >= 0.6 is 0 Å². The number of furan rings is 1. The van der Waals surface area contributed by atoms with E-state index in [4.69, 9.17) is 9.15 Å². The van der Waals surface area contributed by atoms with E-state index in [0.29, 0.717) is 17.9 Å². The minimum absolute atomic E-state index is 0.276. The first kappa shape index (κ1) is 10.1. The van der Waals surface area contributed by atoms with Crippen LogP contribution in [-0.4, -0.2) is 17.6 Å². The molecule has 0 saturated carbocycles. The summed E-state index contributed by atoms with van der Waals surface area (Å²) in [6, 6.07) is 5.58. The Morgan fingerprint density at radius 1 is 1.41 bits per heavy atom. The summed E-state index contributed by atoms with van der Waals surface area (Å²) >= 11 is 0. The topological polar surface area (TPSA) is 52.3 Å². The average Bonchev–Trinajstić information content (AvgIpc) is 2.81. The summed E-state index contributed by atoms with van der Waals surface area (Å²) < 4.78 is 10.3. The molecule has 0 atom stereocenters. The molecule has 86 valence electrons. The SMILES string of the molecule is Cc1nc(-c2ccco2)cc2c1C(=O)OCC2. The number of hydrogen-bond donors (Lipinski definition) is 0. The van der Waals surface area contributed by atoms with E-state index in [1.54, 1.807) is 6.26 Å². The molecule has 3 heterocycles. The Hall–Kier alpha value is -2.10. The van der Waals surface area contributed by atoms with Crippen molar-refractivity contribution in [2.45, 2.75) is 13.3 Å². The summed E-state index contributed by atoms with van der Waals surface area (Å²) in [4.78, 5) is 16.0. The molecule has 2 aromatic heterocycles. The summed E-state index contributed by atoms with van der Waals surface area (Å²) in [6.45, 7) is 2.25. The van der Waals surface area contributed by atoms with Crippen LogP contribution in [0.3, 0.4) is 0 Å². The molecule has 0 N–H and O–H groups in total. The highest BCUT2D eigenvalue weighted by molar-refractivity contribution is 5.93. The zero-order valence-corrected chi connectivity index (χ0v) is 9.40. The highest BCUT2D eigenvalue weighted by atomic mass is 16.5. The van der Waals surface area contributed by atoms with Crippen LogP contribution in [0.4, 0.5) is 0 Å². The molecule has 2 aromatic rings. The first-order valence-electron chi connectivity index (χ1n) is 5.47. The Labute approximate surface area is 98.2 Å². The number of carbonyl (C=O) groups excluding carboxylic acids is 1. The van der Waals surface area contributed by atoms with Crippen molar-refractivity contribution < 1.29 is 13.9 Å². The lowest BCUT2D eigenvalue weighted by Gasteiger charge is -2.17. The summed E-state index contributed by atoms with van der Waals surface area (Å²) in [7, 11) is 0. The fraction of sp³-hybridized carbons (Fsp3) is 0.231. The molecule has 1 aliphatic heterocycles. The van der Waals surface area contributed by atoms with E-state index in [9.17, 15) is 4.79 Å². The molecule has 0 spiro atoms. The minimum atomic E-state index is -0.276. The van der Waals surface area contributed by atoms with Crippen LogP contribution in [0.2, 0.25) is 0 Å². The number of carbonyl (C=O) groups is 1. The van der Waals surface area contributed by atoms with Gasteiger partial charge in [0, 0.05) is 6.42 Å². The van der Waals surface area contributed by atoms with Gasteiger partial charge in [-0.25, -0.2) is 9.78 Å². The zero-order valence-electron chi connectivity index (χ0n) is 9.40. The second-order valence-corrected chi connectivity index (χ2v) is 3.99. The number of ether oxygens (including phenoxy) is 1. The predicted molar refractivity (Wildman–Crippen MR) is 60.7 cm³/mol. The van der Waals surface area contributed by atoms with Gasteiger partial charge in [-0.3, -0.25) is 0 Å². The summed E-state index contributed by atoms with van der Waals surface area (Å²) in [6.07, 6.45) is 2.35. The number of cyclic esters (lactones) is 1. The van der Waals surface area contributed by atoms with Crippen LogP contribution in [0.5, 0.6) is 0 Å². The Bertz CT molecular complexity index is 573. The van der Waals surface area contributed by atoms with Crippen LogP contribution < -0.4 is 0 Å². The summed E-state index contributed by atoms with van der Waals surface area (Å²) in [5.41, 5.74) is 3.05. The normalized spacial score (nSPS) is 14.3. The largest absolute Gasteiger partial charge is 0.463 e. The van der Waals surface area contributed by atoms with Crippen LogP contribution in [-0.2, 0) is 11.2 Å². The fourth-order valence-corrected chi connectivity index (χ4v) is 2.09. The van der Waals surface area contributed by atoms with Crippen LogP contribution in [0.1, 0.15) is 21.6 Å². The van der Waals surface area contributed by atoms with E-state index >= 15 is 0 Å². The molecule has 0 bridgehead atoms. The summed E-state index contributed by atoms with van der Waals surface area (Å²) in [5, 5.41) is 0. The van der Waals surface area contributed by atoms with Gasteiger partial charge in [-0.15, -0.1) is 0 Å². The van der Waals surface area contributed by atoms with Gasteiger partial charge in [-0.1, -0.05) is 0 Å². The lowest BCUT2D eigenvalue weighted by atomic mass is 10.0. The molecular formula is C13H11NO3. The first-order valence-corrected chi connectivity index (χ1v) is 5.47. The van der Waals surface area contributed by atoms with E-state index in [1.165, 1.54) is 0 Å².